The van der Waals surface area contributed by atoms with E-state index in [4.69, 9.17) is 4.74 Å². The van der Waals surface area contributed by atoms with Crippen LogP contribution in [0.5, 0.6) is 0 Å². The van der Waals surface area contributed by atoms with Crippen molar-refractivity contribution in [1.82, 2.24) is 0 Å². The van der Waals surface area contributed by atoms with Crippen molar-refractivity contribution >= 4 is 7.05 Å². The summed E-state index contributed by atoms with van der Waals surface area (Å²) in [6.45, 7) is 6.85. The molecule has 13 heavy (non-hydrogen) atoms. The molecule has 0 atom stereocenters. The summed E-state index contributed by atoms with van der Waals surface area (Å²) < 4.78 is 4.97. The van der Waals surface area contributed by atoms with Crippen molar-refractivity contribution in [1.29, 1.82) is 0 Å². The molecule has 0 fully saturated rings. The molecule has 0 aliphatic heterocycles. The number of nitrogens with zero attached hydrogens (tertiary/aromatic N) is 1. The minimum absolute atomic E-state index is 0.971. The second kappa shape index (κ2) is 4.81. The lowest BCUT2D eigenvalue weighted by Crippen LogP contribution is -1.93. The summed E-state index contributed by atoms with van der Waals surface area (Å²) in [4.78, 5) is 0. The zero-order valence-corrected chi connectivity index (χ0v) is 9.85. The first-order valence-electron chi connectivity index (χ1n) is 5.21. The van der Waals surface area contributed by atoms with E-state index >= 15 is 0 Å². The number of allylic oxidation sites excluding steroid dienone is 3. The standard InChI is InChI=1S/C11H20NP/c1-4-13(5-2,6-3)12-11-9-7-8-10-11/h7-9H,4-6,10H2,1-3H3. The molecule has 0 bridgehead atoms. The van der Waals surface area contributed by atoms with Gasteiger partial charge < -0.3 is 0 Å². The second-order valence-electron chi connectivity index (χ2n) is 3.43. The van der Waals surface area contributed by atoms with Crippen molar-refractivity contribution in [2.75, 3.05) is 18.5 Å². The van der Waals surface area contributed by atoms with E-state index in [0.717, 1.165) is 6.42 Å². The molecule has 0 saturated carbocycles. The van der Waals surface area contributed by atoms with Gasteiger partial charge in [0.25, 0.3) is 0 Å². The fourth-order valence-electron chi connectivity index (χ4n) is 1.67. The summed E-state index contributed by atoms with van der Waals surface area (Å²) in [5, 5.41) is 0. The molecule has 0 aromatic heterocycles. The monoisotopic (exact) mass is 197 g/mol. The first kappa shape index (κ1) is 10.8. The van der Waals surface area contributed by atoms with Gasteiger partial charge in [-0.25, -0.2) is 0 Å². The largest absolute Gasteiger partial charge is 0.272 e. The number of hydrogen-bond acceptors (Lipinski definition) is 1. The predicted octanol–water partition coefficient (Wildman–Crippen LogP) is 4.09. The second-order valence-corrected chi connectivity index (χ2v) is 7.72. The Hall–Kier alpha value is -0.290. The molecular weight excluding hydrogens is 177 g/mol. The molecule has 0 unspecified atom stereocenters. The molecule has 74 valence electrons. The minimum atomic E-state index is -0.971. The molecule has 0 amide bonds. The van der Waals surface area contributed by atoms with Gasteiger partial charge in [-0.2, -0.15) is 0 Å². The van der Waals surface area contributed by atoms with Gasteiger partial charge in [0.2, 0.25) is 0 Å². The molecule has 0 spiro atoms. The van der Waals surface area contributed by atoms with Crippen molar-refractivity contribution in [3.8, 4) is 0 Å². The van der Waals surface area contributed by atoms with Crippen LogP contribution in [-0.2, 0) is 0 Å². The maximum atomic E-state index is 4.97. The zero-order valence-electron chi connectivity index (χ0n) is 8.95. The molecular formula is C11H20NP. The predicted molar refractivity (Wildman–Crippen MR) is 62.8 cm³/mol. The molecule has 1 aliphatic carbocycles. The van der Waals surface area contributed by atoms with Gasteiger partial charge in [-0.3, -0.25) is 4.74 Å². The first-order chi connectivity index (χ1) is 6.26. The van der Waals surface area contributed by atoms with E-state index in [2.05, 4.69) is 39.0 Å². The highest BCUT2D eigenvalue weighted by molar-refractivity contribution is 7.66. The smallest absolute Gasteiger partial charge is 0.0425 e. The molecule has 1 rings (SSSR count). The third-order valence-electron chi connectivity index (χ3n) is 2.86. The van der Waals surface area contributed by atoms with Gasteiger partial charge in [-0.05, 0) is 31.6 Å². The van der Waals surface area contributed by atoms with Crippen LogP contribution in [-0.4, -0.2) is 18.5 Å². The molecule has 0 N–H and O–H groups in total. The van der Waals surface area contributed by atoms with Crippen molar-refractivity contribution in [2.45, 2.75) is 27.2 Å². The van der Waals surface area contributed by atoms with E-state index in [9.17, 15) is 0 Å². The highest BCUT2D eigenvalue weighted by atomic mass is 31.2. The van der Waals surface area contributed by atoms with E-state index < -0.39 is 7.05 Å². The van der Waals surface area contributed by atoms with Crippen LogP contribution >= 0.6 is 7.05 Å². The van der Waals surface area contributed by atoms with Crippen LogP contribution in [0.2, 0.25) is 0 Å². The third-order valence-corrected chi connectivity index (χ3v) is 7.07. The van der Waals surface area contributed by atoms with Gasteiger partial charge >= 0.3 is 0 Å². The van der Waals surface area contributed by atoms with E-state index in [1.807, 2.05) is 0 Å². The fraction of sp³-hybridized carbons (Fsp3) is 0.636. The van der Waals surface area contributed by atoms with Crippen LogP contribution in [0.3, 0.4) is 0 Å². The van der Waals surface area contributed by atoms with Crippen molar-refractivity contribution < 1.29 is 0 Å². The Balaban J connectivity index is 2.85. The highest BCUT2D eigenvalue weighted by Crippen LogP contribution is 2.50. The van der Waals surface area contributed by atoms with E-state index in [-0.39, 0.29) is 0 Å². The summed E-state index contributed by atoms with van der Waals surface area (Å²) in [7, 11) is -0.971. The van der Waals surface area contributed by atoms with Crippen LogP contribution in [0.4, 0.5) is 0 Å². The van der Waals surface area contributed by atoms with E-state index in [0.29, 0.717) is 0 Å². The Morgan fingerprint density at radius 1 is 1.23 bits per heavy atom. The van der Waals surface area contributed by atoms with E-state index in [1.54, 1.807) is 0 Å². The quantitative estimate of drug-likeness (QED) is 0.602. The van der Waals surface area contributed by atoms with Gasteiger partial charge in [-0.15, -0.1) is 0 Å². The Kier molecular flexibility index (Phi) is 3.99. The lowest BCUT2D eigenvalue weighted by atomic mass is 10.4. The van der Waals surface area contributed by atoms with Crippen LogP contribution < -0.4 is 0 Å². The summed E-state index contributed by atoms with van der Waals surface area (Å²) in [5.74, 6) is 0. The third kappa shape index (κ3) is 2.57. The van der Waals surface area contributed by atoms with Gasteiger partial charge in [0.15, 0.2) is 0 Å². The Morgan fingerprint density at radius 3 is 2.23 bits per heavy atom. The van der Waals surface area contributed by atoms with Crippen molar-refractivity contribution in [3.63, 3.8) is 0 Å². The van der Waals surface area contributed by atoms with Crippen LogP contribution in [0.25, 0.3) is 0 Å². The lowest BCUT2D eigenvalue weighted by molar-refractivity contribution is 1.18. The molecule has 0 saturated heterocycles. The van der Waals surface area contributed by atoms with Crippen LogP contribution in [0.15, 0.2) is 28.7 Å². The molecule has 0 aromatic rings. The fourth-order valence-corrected chi connectivity index (χ4v) is 4.12. The van der Waals surface area contributed by atoms with Crippen molar-refractivity contribution in [2.24, 2.45) is 4.74 Å². The van der Waals surface area contributed by atoms with Gasteiger partial charge in [-0.1, -0.05) is 32.9 Å². The maximum Gasteiger partial charge on any atom is 0.0425 e. The van der Waals surface area contributed by atoms with Gasteiger partial charge in [0.1, 0.15) is 0 Å². The number of hydrogen-bond donors (Lipinski definition) is 0. The normalized spacial score (nSPS) is 16.1. The van der Waals surface area contributed by atoms with E-state index in [1.165, 1.54) is 24.2 Å². The Morgan fingerprint density at radius 2 is 1.85 bits per heavy atom. The molecule has 0 aromatic carbocycles. The SMILES string of the molecule is CCP(CC)(CC)=NC1=CC=CC1. The maximum absolute atomic E-state index is 4.97. The summed E-state index contributed by atoms with van der Waals surface area (Å²) in [5.41, 5.74) is 1.30. The van der Waals surface area contributed by atoms with Crippen LogP contribution in [0.1, 0.15) is 27.2 Å². The average Bonchev–Trinajstić information content (AvgIpc) is 2.67. The molecule has 2 heteroatoms. The summed E-state index contributed by atoms with van der Waals surface area (Å²) in [6, 6.07) is 0. The summed E-state index contributed by atoms with van der Waals surface area (Å²) >= 11 is 0. The van der Waals surface area contributed by atoms with Gasteiger partial charge in [0, 0.05) is 12.1 Å². The highest BCUT2D eigenvalue weighted by Gasteiger charge is 2.12. The molecule has 0 radical (unpaired) electrons. The van der Waals surface area contributed by atoms with Gasteiger partial charge in [0.05, 0.1) is 0 Å². The minimum Gasteiger partial charge on any atom is -0.272 e. The molecule has 1 aliphatic rings. The average molecular weight is 197 g/mol. The number of rotatable bonds is 4. The lowest BCUT2D eigenvalue weighted by Gasteiger charge is -2.19. The topological polar surface area (TPSA) is 12.4 Å². The van der Waals surface area contributed by atoms with Crippen LogP contribution in [0, 0.1) is 0 Å². The van der Waals surface area contributed by atoms with Crippen molar-refractivity contribution in [3.05, 3.63) is 23.9 Å². The summed E-state index contributed by atoms with van der Waals surface area (Å²) in [6.07, 6.45) is 11.3. The Labute approximate surface area is 82.0 Å². The molecule has 1 nitrogen and oxygen atoms in total. The Bertz CT molecular complexity index is 255. The zero-order chi connectivity index (χ0) is 9.73. The molecule has 0 heterocycles. The first-order valence-corrected chi connectivity index (χ1v) is 7.51.